The first kappa shape index (κ1) is 21.7. The van der Waals surface area contributed by atoms with Crippen molar-refractivity contribution in [2.24, 2.45) is 10.2 Å². The van der Waals surface area contributed by atoms with E-state index >= 15 is 0 Å². The Morgan fingerprint density at radius 1 is 0.500 bits per heavy atom. The molecule has 1 heterocycles. The van der Waals surface area contributed by atoms with Gasteiger partial charge in [0, 0.05) is 0 Å². The van der Waals surface area contributed by atoms with E-state index in [0.29, 0.717) is 0 Å². The molecule has 1 fully saturated rings. The minimum atomic E-state index is -0.0460. The molecule has 1 aliphatic heterocycles. The minimum absolute atomic E-state index is 0.00601. The average molecular weight is 445 g/mol. The predicted octanol–water partition coefficient (Wildman–Crippen LogP) is 6.50. The van der Waals surface area contributed by atoms with Crippen LogP contribution in [0.1, 0.15) is 41.3 Å². The van der Waals surface area contributed by atoms with Crippen molar-refractivity contribution in [1.29, 1.82) is 0 Å². The first-order valence-electron chi connectivity index (χ1n) is 11.7. The van der Waals surface area contributed by atoms with Crippen LogP contribution in [-0.2, 0) is 0 Å². The summed E-state index contributed by atoms with van der Waals surface area (Å²) in [6, 6.07) is 41.7. The highest BCUT2D eigenvalue weighted by atomic mass is 15.7. The predicted molar refractivity (Wildman–Crippen MR) is 140 cm³/mol. The first-order chi connectivity index (χ1) is 16.8. The van der Waals surface area contributed by atoms with Crippen LogP contribution in [0, 0.1) is 0 Å². The molecule has 0 bridgehead atoms. The van der Waals surface area contributed by atoms with E-state index in [-0.39, 0.29) is 18.2 Å². The Morgan fingerprint density at radius 2 is 0.824 bits per heavy atom. The first-order valence-corrected chi connectivity index (χ1v) is 11.7. The van der Waals surface area contributed by atoms with E-state index < -0.39 is 0 Å². The Labute approximate surface area is 201 Å². The maximum atomic E-state index is 5.01. The summed E-state index contributed by atoms with van der Waals surface area (Å²) in [5, 5.41) is 14.4. The standard InChI is InChI=1S/C30H28N4/c1-24-33(31-22-25-14-6-2-7-15-25)29(27-18-10-4-11-19-27)30(28-20-12-5-13-21-28)34(24)32-23-26-16-8-3-9-17-26/h2-24,29-30H,1H3/t24?,29-,30+. The highest BCUT2D eigenvalue weighted by molar-refractivity contribution is 5.79. The summed E-state index contributed by atoms with van der Waals surface area (Å²) in [5.74, 6) is 0. The van der Waals surface area contributed by atoms with Crippen molar-refractivity contribution in [3.05, 3.63) is 144 Å². The van der Waals surface area contributed by atoms with Crippen molar-refractivity contribution in [2.75, 3.05) is 0 Å². The van der Waals surface area contributed by atoms with E-state index in [4.69, 9.17) is 10.2 Å². The molecule has 0 aliphatic carbocycles. The zero-order valence-corrected chi connectivity index (χ0v) is 19.2. The summed E-state index contributed by atoms with van der Waals surface area (Å²) in [6.07, 6.45) is 3.84. The fourth-order valence-corrected chi connectivity index (χ4v) is 4.53. The maximum Gasteiger partial charge on any atom is 0.133 e. The van der Waals surface area contributed by atoms with Gasteiger partial charge in [-0.25, -0.2) is 0 Å². The molecular weight excluding hydrogens is 416 g/mol. The molecule has 0 amide bonds. The SMILES string of the molecule is CC1N(N=Cc2ccccc2)[C@H](c2ccccc2)[C@H](c2ccccc2)N1N=Cc1ccccc1. The van der Waals surface area contributed by atoms with E-state index in [1.54, 1.807) is 0 Å². The Kier molecular flexibility index (Phi) is 6.48. The fourth-order valence-electron chi connectivity index (χ4n) is 4.53. The van der Waals surface area contributed by atoms with Crippen molar-refractivity contribution >= 4 is 12.4 Å². The third-order valence-electron chi connectivity index (χ3n) is 6.20. The van der Waals surface area contributed by atoms with Gasteiger partial charge in [0.15, 0.2) is 0 Å². The van der Waals surface area contributed by atoms with E-state index in [0.717, 1.165) is 11.1 Å². The number of rotatable bonds is 6. The lowest BCUT2D eigenvalue weighted by Crippen LogP contribution is -2.31. The molecule has 1 aliphatic rings. The topological polar surface area (TPSA) is 31.2 Å². The van der Waals surface area contributed by atoms with Gasteiger partial charge < -0.3 is 0 Å². The van der Waals surface area contributed by atoms with Gasteiger partial charge in [0.05, 0.1) is 12.4 Å². The van der Waals surface area contributed by atoms with Gasteiger partial charge in [-0.1, -0.05) is 121 Å². The lowest BCUT2D eigenvalue weighted by molar-refractivity contribution is 0.138. The molecule has 4 aromatic rings. The molecule has 4 nitrogen and oxygen atoms in total. The highest BCUT2D eigenvalue weighted by Gasteiger charge is 2.46. The van der Waals surface area contributed by atoms with E-state index in [1.165, 1.54) is 11.1 Å². The van der Waals surface area contributed by atoms with Gasteiger partial charge in [0.1, 0.15) is 18.2 Å². The lowest BCUT2D eigenvalue weighted by Gasteiger charge is -2.26. The number of hydrazone groups is 2. The van der Waals surface area contributed by atoms with E-state index in [9.17, 15) is 0 Å². The number of hydrogen-bond acceptors (Lipinski definition) is 4. The zero-order valence-electron chi connectivity index (χ0n) is 19.2. The second kappa shape index (κ2) is 10.2. The molecule has 4 heteroatoms. The normalized spacial score (nSPS) is 20.4. The van der Waals surface area contributed by atoms with Crippen LogP contribution in [0.3, 0.4) is 0 Å². The van der Waals surface area contributed by atoms with Gasteiger partial charge in [-0.15, -0.1) is 0 Å². The molecule has 0 saturated carbocycles. The van der Waals surface area contributed by atoms with E-state index in [1.807, 2.05) is 48.8 Å². The molecule has 0 aromatic heterocycles. The van der Waals surface area contributed by atoms with E-state index in [2.05, 4.69) is 102 Å². The zero-order chi connectivity index (χ0) is 23.2. The molecule has 3 atom stereocenters. The van der Waals surface area contributed by atoms with Crippen molar-refractivity contribution in [2.45, 2.75) is 25.2 Å². The van der Waals surface area contributed by atoms with Gasteiger partial charge >= 0.3 is 0 Å². The molecule has 0 spiro atoms. The summed E-state index contributed by atoms with van der Waals surface area (Å²) in [6.45, 7) is 2.17. The third kappa shape index (κ3) is 4.62. The van der Waals surface area contributed by atoms with Crippen LogP contribution in [-0.4, -0.2) is 28.6 Å². The largest absolute Gasteiger partial charge is 0.263 e. The summed E-state index contributed by atoms with van der Waals surface area (Å²) >= 11 is 0. The molecule has 1 unspecified atom stereocenters. The van der Waals surface area contributed by atoms with Crippen molar-refractivity contribution in [3.63, 3.8) is 0 Å². The smallest absolute Gasteiger partial charge is 0.133 e. The summed E-state index contributed by atoms with van der Waals surface area (Å²) in [7, 11) is 0. The monoisotopic (exact) mass is 444 g/mol. The molecule has 0 N–H and O–H groups in total. The molecule has 5 rings (SSSR count). The summed E-state index contributed by atoms with van der Waals surface area (Å²) in [4.78, 5) is 0. The number of hydrogen-bond donors (Lipinski definition) is 0. The molecule has 34 heavy (non-hydrogen) atoms. The number of benzene rings is 4. The minimum Gasteiger partial charge on any atom is -0.263 e. The van der Waals surface area contributed by atoms with Crippen molar-refractivity contribution in [3.8, 4) is 0 Å². The van der Waals surface area contributed by atoms with Crippen LogP contribution in [0.25, 0.3) is 0 Å². The fraction of sp³-hybridized carbons (Fsp3) is 0.133. The van der Waals surface area contributed by atoms with Crippen LogP contribution >= 0.6 is 0 Å². The highest BCUT2D eigenvalue weighted by Crippen LogP contribution is 2.47. The summed E-state index contributed by atoms with van der Waals surface area (Å²) in [5.41, 5.74) is 4.57. The maximum absolute atomic E-state index is 5.01. The molecule has 1 saturated heterocycles. The van der Waals surface area contributed by atoms with Crippen molar-refractivity contribution < 1.29 is 0 Å². The molecular formula is C30H28N4. The van der Waals surface area contributed by atoms with Crippen LogP contribution in [0.15, 0.2) is 132 Å². The second-order valence-corrected chi connectivity index (χ2v) is 8.41. The second-order valence-electron chi connectivity index (χ2n) is 8.41. The van der Waals surface area contributed by atoms with Crippen LogP contribution in [0.5, 0.6) is 0 Å². The van der Waals surface area contributed by atoms with Crippen LogP contribution in [0.2, 0.25) is 0 Å². The quantitative estimate of drug-likeness (QED) is 0.318. The Balaban J connectivity index is 1.60. The molecule has 0 radical (unpaired) electrons. The lowest BCUT2D eigenvalue weighted by atomic mass is 9.94. The Hall–Kier alpha value is -4.18. The molecule has 4 aromatic carbocycles. The summed E-state index contributed by atoms with van der Waals surface area (Å²) < 4.78 is 0. The Morgan fingerprint density at radius 3 is 1.18 bits per heavy atom. The van der Waals surface area contributed by atoms with Gasteiger partial charge in [0.25, 0.3) is 0 Å². The number of nitrogens with zero attached hydrogens (tertiary/aromatic N) is 4. The van der Waals surface area contributed by atoms with Crippen molar-refractivity contribution in [1.82, 2.24) is 10.0 Å². The van der Waals surface area contributed by atoms with Gasteiger partial charge in [0.2, 0.25) is 0 Å². The average Bonchev–Trinajstić information content (AvgIpc) is 3.19. The molecule has 168 valence electrons. The van der Waals surface area contributed by atoms with Gasteiger partial charge in [-0.3, -0.25) is 10.0 Å². The van der Waals surface area contributed by atoms with Crippen LogP contribution < -0.4 is 0 Å². The van der Waals surface area contributed by atoms with Gasteiger partial charge in [-0.05, 0) is 29.2 Å². The Bertz CT molecular complexity index is 1130. The third-order valence-corrected chi connectivity index (χ3v) is 6.20. The van der Waals surface area contributed by atoms with Gasteiger partial charge in [-0.2, -0.15) is 10.2 Å². The van der Waals surface area contributed by atoms with Crippen LogP contribution in [0.4, 0.5) is 0 Å².